The number of Topliss-reactive ketones (excluding diaryl/α,β-unsaturated/α-hetero) is 1. The SMILES string of the molecule is CC(=O)c1cc(C)ccc1OCc1cc(F)ccc1C#N. The fourth-order valence-electron chi connectivity index (χ4n) is 1.99. The number of carbonyl (C=O) groups is 1. The minimum absolute atomic E-state index is 0.0317. The molecule has 0 spiro atoms. The van der Waals surface area contributed by atoms with Crippen molar-refractivity contribution in [1.82, 2.24) is 0 Å². The average Bonchev–Trinajstić information content (AvgIpc) is 2.46. The van der Waals surface area contributed by atoms with Crippen molar-refractivity contribution < 1.29 is 13.9 Å². The Labute approximate surface area is 122 Å². The summed E-state index contributed by atoms with van der Waals surface area (Å²) >= 11 is 0. The van der Waals surface area contributed by atoms with Gasteiger partial charge in [-0.05, 0) is 44.2 Å². The Morgan fingerprint density at radius 2 is 2.05 bits per heavy atom. The lowest BCUT2D eigenvalue weighted by molar-refractivity contribution is 0.101. The van der Waals surface area contributed by atoms with Crippen molar-refractivity contribution in [2.24, 2.45) is 0 Å². The molecule has 0 saturated carbocycles. The van der Waals surface area contributed by atoms with Crippen LogP contribution in [-0.2, 0) is 6.61 Å². The second kappa shape index (κ2) is 6.19. The van der Waals surface area contributed by atoms with Gasteiger partial charge >= 0.3 is 0 Å². The molecule has 2 aromatic rings. The fraction of sp³-hybridized carbons (Fsp3) is 0.176. The summed E-state index contributed by atoms with van der Waals surface area (Å²) in [6, 6.07) is 11.2. The number of hydrogen-bond donors (Lipinski definition) is 0. The van der Waals surface area contributed by atoms with E-state index in [1.807, 2.05) is 19.1 Å². The van der Waals surface area contributed by atoms with E-state index in [9.17, 15) is 9.18 Å². The Morgan fingerprint density at radius 3 is 2.71 bits per heavy atom. The van der Waals surface area contributed by atoms with E-state index in [1.165, 1.54) is 25.1 Å². The van der Waals surface area contributed by atoms with E-state index in [-0.39, 0.29) is 12.4 Å². The molecule has 0 radical (unpaired) electrons. The number of halogens is 1. The zero-order valence-corrected chi connectivity index (χ0v) is 11.8. The first-order valence-corrected chi connectivity index (χ1v) is 6.44. The van der Waals surface area contributed by atoms with Crippen LogP contribution >= 0.6 is 0 Å². The van der Waals surface area contributed by atoms with Gasteiger partial charge in [-0.1, -0.05) is 11.6 Å². The molecule has 0 aromatic heterocycles. The highest BCUT2D eigenvalue weighted by Gasteiger charge is 2.10. The number of ether oxygens (including phenoxy) is 1. The molecule has 21 heavy (non-hydrogen) atoms. The number of carbonyl (C=O) groups excluding carboxylic acids is 1. The number of nitrogens with zero attached hydrogens (tertiary/aromatic N) is 1. The largest absolute Gasteiger partial charge is 0.488 e. The maximum absolute atomic E-state index is 13.3. The van der Waals surface area contributed by atoms with E-state index in [4.69, 9.17) is 10.00 Å². The monoisotopic (exact) mass is 283 g/mol. The molecule has 4 heteroatoms. The van der Waals surface area contributed by atoms with Gasteiger partial charge < -0.3 is 4.74 Å². The van der Waals surface area contributed by atoms with Gasteiger partial charge in [0.15, 0.2) is 5.78 Å². The summed E-state index contributed by atoms with van der Waals surface area (Å²) in [5, 5.41) is 9.00. The summed E-state index contributed by atoms with van der Waals surface area (Å²) in [6.45, 7) is 3.38. The maximum atomic E-state index is 13.3. The Kier molecular flexibility index (Phi) is 4.34. The Morgan fingerprint density at radius 1 is 1.29 bits per heavy atom. The van der Waals surface area contributed by atoms with Crippen LogP contribution < -0.4 is 4.74 Å². The predicted octanol–water partition coefficient (Wildman–Crippen LogP) is 3.79. The molecule has 0 unspecified atom stereocenters. The highest BCUT2D eigenvalue weighted by atomic mass is 19.1. The Hall–Kier alpha value is -2.67. The van der Waals surface area contributed by atoms with Crippen LogP contribution in [0.15, 0.2) is 36.4 Å². The zero-order chi connectivity index (χ0) is 15.4. The number of ketones is 1. The smallest absolute Gasteiger partial charge is 0.163 e. The average molecular weight is 283 g/mol. The minimum atomic E-state index is -0.428. The molecule has 0 N–H and O–H groups in total. The quantitative estimate of drug-likeness (QED) is 0.802. The van der Waals surface area contributed by atoms with Gasteiger partial charge in [0.05, 0.1) is 17.2 Å². The molecule has 106 valence electrons. The summed E-state index contributed by atoms with van der Waals surface area (Å²) in [5.41, 5.74) is 2.24. The molecule has 0 amide bonds. The van der Waals surface area contributed by atoms with E-state index in [1.54, 1.807) is 12.1 Å². The molecule has 0 atom stereocenters. The van der Waals surface area contributed by atoms with Crippen molar-refractivity contribution in [1.29, 1.82) is 5.26 Å². The molecule has 0 aliphatic heterocycles. The normalized spacial score (nSPS) is 10.0. The minimum Gasteiger partial charge on any atom is -0.488 e. The first-order valence-electron chi connectivity index (χ1n) is 6.44. The van der Waals surface area contributed by atoms with E-state index < -0.39 is 5.82 Å². The third-order valence-corrected chi connectivity index (χ3v) is 3.09. The number of aryl methyl sites for hydroxylation is 1. The predicted molar refractivity (Wildman–Crippen MR) is 76.6 cm³/mol. The Balaban J connectivity index is 2.27. The van der Waals surface area contributed by atoms with Gasteiger partial charge in [0.25, 0.3) is 0 Å². The lowest BCUT2D eigenvalue weighted by Gasteiger charge is -2.11. The van der Waals surface area contributed by atoms with Crippen LogP contribution in [-0.4, -0.2) is 5.78 Å². The number of benzene rings is 2. The van der Waals surface area contributed by atoms with Crippen LogP contribution in [0.4, 0.5) is 4.39 Å². The molecule has 0 heterocycles. The van der Waals surface area contributed by atoms with Gasteiger partial charge in [-0.25, -0.2) is 4.39 Å². The second-order valence-corrected chi connectivity index (χ2v) is 4.76. The lowest BCUT2D eigenvalue weighted by atomic mass is 10.1. The van der Waals surface area contributed by atoms with Crippen LogP contribution in [0.1, 0.15) is 34.0 Å². The van der Waals surface area contributed by atoms with Crippen LogP contribution in [0.5, 0.6) is 5.75 Å². The van der Waals surface area contributed by atoms with E-state index in [0.717, 1.165) is 5.56 Å². The van der Waals surface area contributed by atoms with Crippen molar-refractivity contribution >= 4 is 5.78 Å². The summed E-state index contributed by atoms with van der Waals surface area (Å²) in [7, 11) is 0. The molecule has 0 aliphatic carbocycles. The molecular formula is C17H14FNO2. The van der Waals surface area contributed by atoms with Gasteiger partial charge in [0.2, 0.25) is 0 Å². The molecule has 2 aromatic carbocycles. The molecule has 0 aliphatic rings. The topological polar surface area (TPSA) is 50.1 Å². The number of hydrogen-bond acceptors (Lipinski definition) is 3. The molecule has 3 nitrogen and oxygen atoms in total. The molecule has 0 bridgehead atoms. The maximum Gasteiger partial charge on any atom is 0.163 e. The summed E-state index contributed by atoms with van der Waals surface area (Å²) in [4.78, 5) is 11.6. The summed E-state index contributed by atoms with van der Waals surface area (Å²) < 4.78 is 18.8. The summed E-state index contributed by atoms with van der Waals surface area (Å²) in [5.74, 6) is -0.0991. The Bertz CT molecular complexity index is 732. The number of nitriles is 1. The highest BCUT2D eigenvalue weighted by Crippen LogP contribution is 2.22. The zero-order valence-electron chi connectivity index (χ0n) is 11.8. The standard InChI is InChI=1S/C17H14FNO2/c1-11-3-6-17(16(7-11)12(2)20)21-10-14-8-15(18)5-4-13(14)9-19/h3-8H,10H2,1-2H3. The summed E-state index contributed by atoms with van der Waals surface area (Å²) in [6.07, 6.45) is 0. The lowest BCUT2D eigenvalue weighted by Crippen LogP contribution is -2.03. The van der Waals surface area contributed by atoms with Crippen LogP contribution in [0.3, 0.4) is 0 Å². The van der Waals surface area contributed by atoms with Crippen LogP contribution in [0.2, 0.25) is 0 Å². The van der Waals surface area contributed by atoms with Gasteiger partial charge in [0, 0.05) is 5.56 Å². The van der Waals surface area contributed by atoms with Crippen molar-refractivity contribution in [3.05, 3.63) is 64.5 Å². The fourth-order valence-corrected chi connectivity index (χ4v) is 1.99. The van der Waals surface area contributed by atoms with Crippen molar-refractivity contribution in [2.45, 2.75) is 20.5 Å². The molecule has 0 fully saturated rings. The van der Waals surface area contributed by atoms with Gasteiger partial charge in [-0.15, -0.1) is 0 Å². The third-order valence-electron chi connectivity index (χ3n) is 3.09. The first kappa shape index (κ1) is 14.7. The second-order valence-electron chi connectivity index (χ2n) is 4.76. The highest BCUT2D eigenvalue weighted by molar-refractivity contribution is 5.97. The van der Waals surface area contributed by atoms with Crippen molar-refractivity contribution in [3.63, 3.8) is 0 Å². The van der Waals surface area contributed by atoms with Gasteiger partial charge in [-0.2, -0.15) is 5.26 Å². The van der Waals surface area contributed by atoms with E-state index in [0.29, 0.717) is 22.4 Å². The first-order chi connectivity index (χ1) is 10.0. The molecule has 0 saturated heterocycles. The van der Waals surface area contributed by atoms with Crippen molar-refractivity contribution in [2.75, 3.05) is 0 Å². The number of rotatable bonds is 4. The van der Waals surface area contributed by atoms with E-state index in [2.05, 4.69) is 0 Å². The molecule has 2 rings (SSSR count). The molecular weight excluding hydrogens is 269 g/mol. The van der Waals surface area contributed by atoms with Crippen LogP contribution in [0.25, 0.3) is 0 Å². The van der Waals surface area contributed by atoms with Crippen LogP contribution in [0, 0.1) is 24.1 Å². The van der Waals surface area contributed by atoms with Gasteiger partial charge in [-0.3, -0.25) is 4.79 Å². The van der Waals surface area contributed by atoms with Crippen molar-refractivity contribution in [3.8, 4) is 11.8 Å². The third kappa shape index (κ3) is 3.46. The van der Waals surface area contributed by atoms with Gasteiger partial charge in [0.1, 0.15) is 18.2 Å². The van der Waals surface area contributed by atoms with E-state index >= 15 is 0 Å².